The highest BCUT2D eigenvalue weighted by molar-refractivity contribution is 5.81. The summed E-state index contributed by atoms with van der Waals surface area (Å²) < 4.78 is 0. The van der Waals surface area contributed by atoms with Crippen LogP contribution in [0, 0.1) is 11.8 Å². The molecule has 4 nitrogen and oxygen atoms in total. The zero-order chi connectivity index (χ0) is 9.84. The van der Waals surface area contributed by atoms with Gasteiger partial charge in [0.25, 0.3) is 0 Å². The minimum Gasteiger partial charge on any atom is -0.409 e. The summed E-state index contributed by atoms with van der Waals surface area (Å²) >= 11 is 0. The van der Waals surface area contributed by atoms with Gasteiger partial charge in [0.05, 0.1) is 6.54 Å². The molecule has 1 saturated heterocycles. The Kier molecular flexibility index (Phi) is 3.54. The van der Waals surface area contributed by atoms with E-state index in [1.807, 2.05) is 0 Å². The number of hydrogen-bond acceptors (Lipinski definition) is 3. The van der Waals surface area contributed by atoms with Crippen LogP contribution in [0.2, 0.25) is 0 Å². The third kappa shape index (κ3) is 3.22. The summed E-state index contributed by atoms with van der Waals surface area (Å²) in [7, 11) is 0. The quantitative estimate of drug-likeness (QED) is 0.288. The molecule has 0 unspecified atom stereocenters. The van der Waals surface area contributed by atoms with E-state index in [0.29, 0.717) is 12.4 Å². The lowest BCUT2D eigenvalue weighted by Gasteiger charge is -2.34. The van der Waals surface area contributed by atoms with Crippen molar-refractivity contribution in [2.75, 3.05) is 19.6 Å². The Balaban J connectivity index is 2.41. The molecule has 1 heterocycles. The maximum absolute atomic E-state index is 8.43. The van der Waals surface area contributed by atoms with E-state index in [2.05, 4.69) is 23.9 Å². The molecule has 2 atom stereocenters. The van der Waals surface area contributed by atoms with Crippen LogP contribution < -0.4 is 5.73 Å². The van der Waals surface area contributed by atoms with E-state index in [-0.39, 0.29) is 0 Å². The number of piperidine rings is 1. The first-order chi connectivity index (χ1) is 6.11. The second-order valence-electron chi connectivity index (χ2n) is 4.23. The number of likely N-dealkylation sites (tertiary alicyclic amines) is 1. The number of nitrogens with two attached hydrogens (primary N) is 1. The van der Waals surface area contributed by atoms with Crippen molar-refractivity contribution in [3.63, 3.8) is 0 Å². The summed E-state index contributed by atoms with van der Waals surface area (Å²) in [5.41, 5.74) is 5.45. The number of nitrogens with zero attached hydrogens (tertiary/aromatic N) is 2. The number of amidine groups is 1. The van der Waals surface area contributed by atoms with Crippen LogP contribution in [0.15, 0.2) is 5.16 Å². The van der Waals surface area contributed by atoms with Gasteiger partial charge >= 0.3 is 0 Å². The first-order valence-electron chi connectivity index (χ1n) is 4.80. The SMILES string of the molecule is C[C@@H]1C[C@H](C)CN(C/C(N)=N\O)C1. The minimum atomic E-state index is 0.307. The number of oxime groups is 1. The van der Waals surface area contributed by atoms with E-state index >= 15 is 0 Å². The van der Waals surface area contributed by atoms with Crippen LogP contribution >= 0.6 is 0 Å². The summed E-state index contributed by atoms with van der Waals surface area (Å²) in [6.45, 7) is 7.19. The molecule has 0 saturated carbocycles. The molecule has 4 heteroatoms. The fourth-order valence-electron chi connectivity index (χ4n) is 2.18. The molecule has 1 aliphatic rings. The molecule has 1 aliphatic heterocycles. The van der Waals surface area contributed by atoms with Gasteiger partial charge < -0.3 is 10.9 Å². The van der Waals surface area contributed by atoms with Gasteiger partial charge in [0, 0.05) is 13.1 Å². The van der Waals surface area contributed by atoms with Crippen molar-refractivity contribution in [2.24, 2.45) is 22.7 Å². The van der Waals surface area contributed by atoms with Crippen molar-refractivity contribution in [3.05, 3.63) is 0 Å². The Morgan fingerprint density at radius 1 is 1.46 bits per heavy atom. The van der Waals surface area contributed by atoms with Gasteiger partial charge in [0.15, 0.2) is 5.84 Å². The Morgan fingerprint density at radius 3 is 2.46 bits per heavy atom. The van der Waals surface area contributed by atoms with Crippen LogP contribution in [0.5, 0.6) is 0 Å². The average Bonchev–Trinajstić information content (AvgIpc) is 2.02. The van der Waals surface area contributed by atoms with E-state index in [1.165, 1.54) is 6.42 Å². The molecule has 0 aromatic rings. The monoisotopic (exact) mass is 185 g/mol. The molecule has 0 spiro atoms. The number of rotatable bonds is 2. The molecule has 3 N–H and O–H groups in total. The molecule has 1 fully saturated rings. The van der Waals surface area contributed by atoms with Gasteiger partial charge in [0.1, 0.15) is 0 Å². The predicted molar refractivity (Wildman–Crippen MR) is 52.8 cm³/mol. The van der Waals surface area contributed by atoms with Crippen LogP contribution in [-0.2, 0) is 0 Å². The van der Waals surface area contributed by atoms with E-state index < -0.39 is 0 Å². The molecule has 0 aromatic heterocycles. The highest BCUT2D eigenvalue weighted by atomic mass is 16.4. The highest BCUT2D eigenvalue weighted by Crippen LogP contribution is 2.20. The zero-order valence-corrected chi connectivity index (χ0v) is 8.40. The highest BCUT2D eigenvalue weighted by Gasteiger charge is 2.21. The normalized spacial score (nSPS) is 32.0. The largest absolute Gasteiger partial charge is 0.409 e. The fourth-order valence-corrected chi connectivity index (χ4v) is 2.18. The average molecular weight is 185 g/mol. The topological polar surface area (TPSA) is 61.8 Å². The van der Waals surface area contributed by atoms with E-state index in [4.69, 9.17) is 10.9 Å². The Bertz CT molecular complexity index is 183. The standard InChI is InChI=1S/C9H19N3O/c1-7-3-8(2)5-12(4-7)6-9(10)11-13/h7-8,13H,3-6H2,1-2H3,(H2,10,11)/t7-,8+. The molecular formula is C9H19N3O. The summed E-state index contributed by atoms with van der Waals surface area (Å²) in [4.78, 5) is 2.24. The zero-order valence-electron chi connectivity index (χ0n) is 8.40. The first kappa shape index (κ1) is 10.3. The van der Waals surface area contributed by atoms with Crippen LogP contribution in [0.1, 0.15) is 20.3 Å². The predicted octanol–water partition coefficient (Wildman–Crippen LogP) is 0.711. The summed E-state index contributed by atoms with van der Waals surface area (Å²) in [5, 5.41) is 11.4. The molecule has 0 radical (unpaired) electrons. The molecule has 13 heavy (non-hydrogen) atoms. The molecule has 1 rings (SSSR count). The molecule has 0 amide bonds. The third-order valence-corrected chi connectivity index (χ3v) is 2.46. The number of hydrogen-bond donors (Lipinski definition) is 2. The maximum Gasteiger partial charge on any atom is 0.153 e. The van der Waals surface area contributed by atoms with Crippen molar-refractivity contribution < 1.29 is 5.21 Å². The van der Waals surface area contributed by atoms with Gasteiger partial charge in [-0.05, 0) is 18.3 Å². The third-order valence-electron chi connectivity index (χ3n) is 2.46. The summed E-state index contributed by atoms with van der Waals surface area (Å²) in [6, 6.07) is 0. The lowest BCUT2D eigenvalue weighted by Crippen LogP contribution is -2.43. The molecule has 0 bridgehead atoms. The van der Waals surface area contributed by atoms with Gasteiger partial charge in [-0.1, -0.05) is 19.0 Å². The van der Waals surface area contributed by atoms with Gasteiger partial charge in [-0.2, -0.15) is 0 Å². The van der Waals surface area contributed by atoms with E-state index in [1.54, 1.807) is 0 Å². The first-order valence-corrected chi connectivity index (χ1v) is 4.80. The van der Waals surface area contributed by atoms with Gasteiger partial charge in [0.2, 0.25) is 0 Å². The summed E-state index contributed by atoms with van der Waals surface area (Å²) in [6.07, 6.45) is 1.28. The van der Waals surface area contributed by atoms with E-state index in [9.17, 15) is 0 Å². The molecule has 0 aromatic carbocycles. The van der Waals surface area contributed by atoms with Crippen LogP contribution in [0.4, 0.5) is 0 Å². The minimum absolute atomic E-state index is 0.307. The smallest absolute Gasteiger partial charge is 0.153 e. The lowest BCUT2D eigenvalue weighted by atomic mass is 9.92. The van der Waals surface area contributed by atoms with Crippen LogP contribution in [-0.4, -0.2) is 35.6 Å². The van der Waals surface area contributed by atoms with Crippen LogP contribution in [0.25, 0.3) is 0 Å². The molecule has 0 aliphatic carbocycles. The Morgan fingerprint density at radius 2 is 2.00 bits per heavy atom. The van der Waals surface area contributed by atoms with Crippen molar-refractivity contribution in [1.29, 1.82) is 0 Å². The van der Waals surface area contributed by atoms with Gasteiger partial charge in [-0.25, -0.2) is 0 Å². The van der Waals surface area contributed by atoms with Gasteiger partial charge in [-0.3, -0.25) is 4.90 Å². The Hall–Kier alpha value is -0.770. The van der Waals surface area contributed by atoms with Crippen molar-refractivity contribution in [3.8, 4) is 0 Å². The van der Waals surface area contributed by atoms with Crippen molar-refractivity contribution >= 4 is 5.84 Å². The van der Waals surface area contributed by atoms with Crippen molar-refractivity contribution in [2.45, 2.75) is 20.3 Å². The second-order valence-corrected chi connectivity index (χ2v) is 4.23. The Labute approximate surface area is 79.4 Å². The lowest BCUT2D eigenvalue weighted by molar-refractivity contribution is 0.157. The van der Waals surface area contributed by atoms with Gasteiger partial charge in [-0.15, -0.1) is 0 Å². The second kappa shape index (κ2) is 4.46. The summed E-state index contributed by atoms with van der Waals surface area (Å²) in [5.74, 6) is 1.74. The molecular weight excluding hydrogens is 166 g/mol. The van der Waals surface area contributed by atoms with Crippen LogP contribution in [0.3, 0.4) is 0 Å². The fraction of sp³-hybridized carbons (Fsp3) is 0.889. The van der Waals surface area contributed by atoms with E-state index in [0.717, 1.165) is 24.9 Å². The molecule has 76 valence electrons. The van der Waals surface area contributed by atoms with Crippen molar-refractivity contribution in [1.82, 2.24) is 4.90 Å². The maximum atomic E-state index is 8.43.